The van der Waals surface area contributed by atoms with Crippen LogP contribution in [-0.4, -0.2) is 19.4 Å². The van der Waals surface area contributed by atoms with Gasteiger partial charge >= 0.3 is 5.97 Å². The van der Waals surface area contributed by atoms with Crippen LogP contribution in [0.15, 0.2) is 36.4 Å². The van der Waals surface area contributed by atoms with E-state index in [-0.39, 0.29) is 10.5 Å². The largest absolute Gasteiger partial charge is 0.543 e. The number of rotatable bonds is 5. The SMILES string of the molecule is CC(C)(C=CC(=O)O)c1cccc(O[Si](C)(C)C(C)(C)C)c1. The van der Waals surface area contributed by atoms with Gasteiger partial charge in [0.25, 0.3) is 0 Å². The normalized spacial score (nSPS) is 13.4. The summed E-state index contributed by atoms with van der Waals surface area (Å²) in [5.74, 6) is -0.0670. The number of carboxylic acids is 1. The van der Waals surface area contributed by atoms with E-state index in [2.05, 4.69) is 33.9 Å². The Morgan fingerprint density at radius 2 is 1.77 bits per heavy atom. The van der Waals surface area contributed by atoms with Gasteiger partial charge in [0.05, 0.1) is 0 Å². The lowest BCUT2D eigenvalue weighted by atomic mass is 9.84. The number of carbonyl (C=O) groups is 1. The van der Waals surface area contributed by atoms with Crippen LogP contribution < -0.4 is 4.43 Å². The summed E-state index contributed by atoms with van der Waals surface area (Å²) in [6.07, 6.45) is 2.90. The predicted octanol–water partition coefficient (Wildman–Crippen LogP) is 4.99. The number of hydrogen-bond donors (Lipinski definition) is 1. The average molecular weight is 321 g/mol. The number of hydrogen-bond acceptors (Lipinski definition) is 2. The van der Waals surface area contributed by atoms with Gasteiger partial charge in [-0.1, -0.05) is 52.8 Å². The van der Waals surface area contributed by atoms with Crippen molar-refractivity contribution in [2.45, 2.75) is 58.2 Å². The Balaban J connectivity index is 3.07. The number of aliphatic carboxylic acids is 1. The molecule has 22 heavy (non-hydrogen) atoms. The highest BCUT2D eigenvalue weighted by Gasteiger charge is 2.39. The van der Waals surface area contributed by atoms with E-state index in [0.717, 1.165) is 11.3 Å². The van der Waals surface area contributed by atoms with Crippen LogP contribution in [-0.2, 0) is 10.2 Å². The highest BCUT2D eigenvalue weighted by Crippen LogP contribution is 2.38. The van der Waals surface area contributed by atoms with Gasteiger partial charge in [0.15, 0.2) is 0 Å². The van der Waals surface area contributed by atoms with Crippen molar-refractivity contribution in [2.24, 2.45) is 0 Å². The van der Waals surface area contributed by atoms with Crippen LogP contribution in [0.2, 0.25) is 18.1 Å². The lowest BCUT2D eigenvalue weighted by Gasteiger charge is -2.36. The summed E-state index contributed by atoms with van der Waals surface area (Å²) in [6.45, 7) is 15.1. The molecule has 1 aromatic carbocycles. The molecule has 0 heterocycles. The molecule has 0 aliphatic rings. The maximum atomic E-state index is 10.7. The highest BCUT2D eigenvalue weighted by atomic mass is 28.4. The highest BCUT2D eigenvalue weighted by molar-refractivity contribution is 6.74. The molecular weight excluding hydrogens is 292 g/mol. The van der Waals surface area contributed by atoms with Crippen LogP contribution >= 0.6 is 0 Å². The summed E-state index contributed by atoms with van der Waals surface area (Å²) in [6, 6.07) is 7.96. The Kier molecular flexibility index (Phi) is 5.28. The molecule has 0 saturated heterocycles. The Morgan fingerprint density at radius 1 is 1.18 bits per heavy atom. The molecule has 122 valence electrons. The molecule has 4 heteroatoms. The van der Waals surface area contributed by atoms with Crippen molar-refractivity contribution in [1.29, 1.82) is 0 Å². The summed E-state index contributed by atoms with van der Waals surface area (Å²) in [5.41, 5.74) is 0.687. The van der Waals surface area contributed by atoms with Gasteiger partial charge < -0.3 is 9.53 Å². The second-order valence-electron chi connectivity index (χ2n) is 7.78. The van der Waals surface area contributed by atoms with Crippen LogP contribution in [0.1, 0.15) is 40.2 Å². The second kappa shape index (κ2) is 6.29. The molecule has 0 spiro atoms. The fourth-order valence-electron chi connectivity index (χ4n) is 1.78. The van der Waals surface area contributed by atoms with Gasteiger partial charge in [0, 0.05) is 11.5 Å². The van der Waals surface area contributed by atoms with Crippen molar-refractivity contribution in [3.8, 4) is 5.75 Å². The maximum Gasteiger partial charge on any atom is 0.328 e. The zero-order chi connectivity index (χ0) is 17.2. The van der Waals surface area contributed by atoms with Crippen molar-refractivity contribution in [3.63, 3.8) is 0 Å². The molecule has 0 saturated carbocycles. The molecule has 0 aliphatic carbocycles. The van der Waals surface area contributed by atoms with Crippen molar-refractivity contribution in [1.82, 2.24) is 0 Å². The van der Waals surface area contributed by atoms with E-state index >= 15 is 0 Å². The molecule has 0 aromatic heterocycles. The van der Waals surface area contributed by atoms with Gasteiger partial charge in [-0.05, 0) is 35.8 Å². The van der Waals surface area contributed by atoms with Crippen molar-refractivity contribution in [2.75, 3.05) is 0 Å². The maximum absolute atomic E-state index is 10.7. The van der Waals surface area contributed by atoms with Crippen molar-refractivity contribution >= 4 is 14.3 Å². The predicted molar refractivity (Wildman–Crippen MR) is 94.1 cm³/mol. The Hall–Kier alpha value is -1.55. The fraction of sp³-hybridized carbons (Fsp3) is 0.500. The van der Waals surface area contributed by atoms with Crippen LogP contribution in [0, 0.1) is 0 Å². The first-order valence-electron chi connectivity index (χ1n) is 7.57. The fourth-order valence-corrected chi connectivity index (χ4v) is 2.81. The van der Waals surface area contributed by atoms with Crippen molar-refractivity contribution in [3.05, 3.63) is 42.0 Å². The second-order valence-corrected chi connectivity index (χ2v) is 12.5. The smallest absolute Gasteiger partial charge is 0.328 e. The van der Waals surface area contributed by atoms with E-state index in [4.69, 9.17) is 9.53 Å². The van der Waals surface area contributed by atoms with Gasteiger partial charge in [-0.25, -0.2) is 4.79 Å². The molecule has 0 amide bonds. The number of benzene rings is 1. The third-order valence-corrected chi connectivity index (χ3v) is 8.76. The van der Waals surface area contributed by atoms with Crippen LogP contribution in [0.25, 0.3) is 0 Å². The molecule has 0 unspecified atom stereocenters. The molecule has 1 N–H and O–H groups in total. The van der Waals surface area contributed by atoms with Gasteiger partial charge in [-0.3, -0.25) is 0 Å². The van der Waals surface area contributed by atoms with E-state index in [9.17, 15) is 4.79 Å². The minimum absolute atomic E-state index is 0.141. The average Bonchev–Trinajstić information content (AvgIpc) is 2.35. The van der Waals surface area contributed by atoms with Gasteiger partial charge in [-0.2, -0.15) is 0 Å². The summed E-state index contributed by atoms with van der Waals surface area (Å²) in [4.78, 5) is 10.7. The van der Waals surface area contributed by atoms with Crippen LogP contribution in [0.3, 0.4) is 0 Å². The Bertz CT molecular complexity index is 566. The van der Waals surface area contributed by atoms with Gasteiger partial charge in [0.1, 0.15) is 5.75 Å². The molecule has 1 aromatic rings. The zero-order valence-corrected chi connectivity index (χ0v) is 15.7. The first-order valence-corrected chi connectivity index (χ1v) is 10.5. The molecule has 3 nitrogen and oxygen atoms in total. The number of carboxylic acid groups (broad SMARTS) is 1. The third kappa shape index (κ3) is 4.73. The summed E-state index contributed by atoms with van der Waals surface area (Å²) < 4.78 is 6.33. The lowest BCUT2D eigenvalue weighted by Crippen LogP contribution is -2.43. The first-order chi connectivity index (χ1) is 9.85. The molecular formula is C18H28O3Si. The monoisotopic (exact) mass is 320 g/mol. The summed E-state index contributed by atoms with van der Waals surface area (Å²) in [7, 11) is -1.88. The van der Waals surface area contributed by atoms with Crippen LogP contribution in [0.4, 0.5) is 0 Å². The van der Waals surface area contributed by atoms with E-state index < -0.39 is 14.3 Å². The third-order valence-electron chi connectivity index (χ3n) is 4.40. The summed E-state index contributed by atoms with van der Waals surface area (Å²) >= 11 is 0. The van der Waals surface area contributed by atoms with Crippen LogP contribution in [0.5, 0.6) is 5.75 Å². The first kappa shape index (κ1) is 18.5. The Morgan fingerprint density at radius 3 is 2.27 bits per heavy atom. The minimum Gasteiger partial charge on any atom is -0.543 e. The van der Waals surface area contributed by atoms with E-state index in [1.807, 2.05) is 38.1 Å². The number of allylic oxidation sites excluding steroid dienone is 1. The quantitative estimate of drug-likeness (QED) is 0.614. The van der Waals surface area contributed by atoms with Gasteiger partial charge in [-0.15, -0.1) is 0 Å². The lowest BCUT2D eigenvalue weighted by molar-refractivity contribution is -0.131. The molecule has 0 bridgehead atoms. The molecule has 0 fully saturated rings. The minimum atomic E-state index is -1.88. The molecule has 0 atom stereocenters. The summed E-state index contributed by atoms with van der Waals surface area (Å²) in [5, 5.41) is 8.96. The Labute approximate surface area is 135 Å². The van der Waals surface area contributed by atoms with E-state index in [1.165, 1.54) is 6.08 Å². The molecule has 0 radical (unpaired) electrons. The standard InChI is InChI=1S/C18H28O3Si/c1-17(2,3)22(6,7)21-15-10-8-9-14(13-15)18(4,5)12-11-16(19)20/h8-13H,1-7H3,(H,19,20). The van der Waals surface area contributed by atoms with Crippen molar-refractivity contribution < 1.29 is 14.3 Å². The topological polar surface area (TPSA) is 46.5 Å². The zero-order valence-electron chi connectivity index (χ0n) is 14.7. The molecule has 1 rings (SSSR count). The van der Waals surface area contributed by atoms with E-state index in [1.54, 1.807) is 6.08 Å². The molecule has 0 aliphatic heterocycles. The van der Waals surface area contributed by atoms with E-state index in [0.29, 0.717) is 0 Å². The van der Waals surface area contributed by atoms with Gasteiger partial charge in [0.2, 0.25) is 8.32 Å².